The molecule has 1 aromatic heterocycles. The van der Waals surface area contributed by atoms with Crippen molar-refractivity contribution >= 4 is 51.5 Å². The molecule has 0 aliphatic heterocycles. The fourth-order valence-corrected chi connectivity index (χ4v) is 2.52. The highest BCUT2D eigenvalue weighted by Crippen LogP contribution is 2.33. The number of hydrogen-bond acceptors (Lipinski definition) is 2. The van der Waals surface area contributed by atoms with Crippen molar-refractivity contribution in [2.75, 3.05) is 0 Å². The third-order valence-corrected chi connectivity index (χ3v) is 3.31. The molecule has 4 heteroatoms. The molecule has 0 aliphatic rings. The lowest BCUT2D eigenvalue weighted by atomic mass is 10.7. The van der Waals surface area contributed by atoms with Crippen LogP contribution in [0.15, 0.2) is 14.7 Å². The molecule has 0 nitrogen and oxygen atoms in total. The molecule has 0 amide bonds. The summed E-state index contributed by atoms with van der Waals surface area (Å²) in [6, 6.07) is 1.87. The van der Waals surface area contributed by atoms with E-state index in [-0.39, 0.29) is 0 Å². The van der Waals surface area contributed by atoms with Gasteiger partial charge in [-0.1, -0.05) is 11.6 Å². The molecular formula is C4H2BrClS2. The van der Waals surface area contributed by atoms with E-state index in [0.29, 0.717) is 0 Å². The van der Waals surface area contributed by atoms with Crippen LogP contribution < -0.4 is 0 Å². The van der Waals surface area contributed by atoms with E-state index in [1.165, 1.54) is 11.3 Å². The zero-order chi connectivity index (χ0) is 6.15. The van der Waals surface area contributed by atoms with Crippen LogP contribution in [0.4, 0.5) is 0 Å². The van der Waals surface area contributed by atoms with Crippen LogP contribution in [0.25, 0.3) is 0 Å². The van der Waals surface area contributed by atoms with Crippen molar-refractivity contribution < 1.29 is 0 Å². The van der Waals surface area contributed by atoms with Crippen LogP contribution in [0.2, 0.25) is 4.34 Å². The zero-order valence-corrected chi connectivity index (χ0v) is 7.74. The Bertz CT molecular complexity index is 176. The Morgan fingerprint density at radius 2 is 2.38 bits per heavy atom. The molecule has 44 valence electrons. The summed E-state index contributed by atoms with van der Waals surface area (Å²) in [4.78, 5) is 0. The third kappa shape index (κ3) is 1.41. The van der Waals surface area contributed by atoms with E-state index in [9.17, 15) is 0 Å². The van der Waals surface area contributed by atoms with E-state index >= 15 is 0 Å². The number of thiol groups is 1. The van der Waals surface area contributed by atoms with Crippen LogP contribution in [0.5, 0.6) is 0 Å². The lowest BCUT2D eigenvalue weighted by molar-refractivity contribution is 1.71. The monoisotopic (exact) mass is 228 g/mol. The first-order valence-electron chi connectivity index (χ1n) is 1.84. The van der Waals surface area contributed by atoms with Crippen molar-refractivity contribution in [2.24, 2.45) is 0 Å². The number of thiophene rings is 1. The van der Waals surface area contributed by atoms with Crippen LogP contribution in [-0.4, -0.2) is 0 Å². The molecule has 8 heavy (non-hydrogen) atoms. The van der Waals surface area contributed by atoms with Gasteiger partial charge in [0.15, 0.2) is 0 Å². The normalized spacial score (nSPS) is 9.88. The van der Waals surface area contributed by atoms with E-state index < -0.39 is 0 Å². The molecule has 0 atom stereocenters. The van der Waals surface area contributed by atoms with Crippen LogP contribution in [0, 0.1) is 0 Å². The van der Waals surface area contributed by atoms with Gasteiger partial charge in [-0.3, -0.25) is 0 Å². The van der Waals surface area contributed by atoms with E-state index in [1.807, 2.05) is 6.07 Å². The van der Waals surface area contributed by atoms with Gasteiger partial charge >= 0.3 is 0 Å². The summed E-state index contributed by atoms with van der Waals surface area (Å²) < 4.78 is 2.62. The SMILES string of the molecule is Sc1cc(Br)c(Cl)s1. The minimum Gasteiger partial charge on any atom is -0.133 e. The summed E-state index contributed by atoms with van der Waals surface area (Å²) in [6.07, 6.45) is 0. The molecular weight excluding hydrogens is 228 g/mol. The van der Waals surface area contributed by atoms with Crippen molar-refractivity contribution in [2.45, 2.75) is 4.21 Å². The quantitative estimate of drug-likeness (QED) is 0.647. The van der Waals surface area contributed by atoms with Crippen LogP contribution in [0.1, 0.15) is 0 Å². The highest BCUT2D eigenvalue weighted by Gasteiger charge is 1.98. The van der Waals surface area contributed by atoms with Crippen molar-refractivity contribution in [1.82, 2.24) is 0 Å². The molecule has 0 spiro atoms. The predicted octanol–water partition coefficient (Wildman–Crippen LogP) is 3.45. The summed E-state index contributed by atoms with van der Waals surface area (Å²) in [6.45, 7) is 0. The average molecular weight is 230 g/mol. The largest absolute Gasteiger partial charge is 0.133 e. The van der Waals surface area contributed by atoms with Crippen molar-refractivity contribution in [3.05, 3.63) is 14.9 Å². The van der Waals surface area contributed by atoms with Crippen molar-refractivity contribution in [3.8, 4) is 0 Å². The van der Waals surface area contributed by atoms with Crippen LogP contribution in [0.3, 0.4) is 0 Å². The smallest absolute Gasteiger partial charge is 0.108 e. The number of halogens is 2. The first kappa shape index (κ1) is 6.93. The highest BCUT2D eigenvalue weighted by atomic mass is 79.9. The average Bonchev–Trinajstić information content (AvgIpc) is 1.85. The molecule has 0 aliphatic carbocycles. The molecule has 0 aromatic carbocycles. The minimum atomic E-state index is 0.759. The number of rotatable bonds is 0. The second-order valence-electron chi connectivity index (χ2n) is 1.21. The predicted molar refractivity (Wildman–Crippen MR) is 44.3 cm³/mol. The maximum Gasteiger partial charge on any atom is 0.108 e. The topological polar surface area (TPSA) is 0 Å². The minimum absolute atomic E-state index is 0.759. The van der Waals surface area contributed by atoms with Gasteiger partial charge in [0.25, 0.3) is 0 Å². The lowest BCUT2D eigenvalue weighted by Gasteiger charge is -1.73. The van der Waals surface area contributed by atoms with Gasteiger partial charge in [0, 0.05) is 4.47 Å². The summed E-state index contributed by atoms with van der Waals surface area (Å²) in [5.41, 5.74) is 0. The Hall–Kier alpha value is 0.820. The van der Waals surface area contributed by atoms with Gasteiger partial charge < -0.3 is 0 Å². The standard InChI is InChI=1S/C4H2BrClS2/c5-2-1-3(7)8-4(2)6/h1,7H. The van der Waals surface area contributed by atoms with Gasteiger partial charge in [0.05, 0.1) is 4.21 Å². The Labute approximate surface area is 70.4 Å². The summed E-state index contributed by atoms with van der Waals surface area (Å²) in [7, 11) is 0. The molecule has 0 bridgehead atoms. The van der Waals surface area contributed by atoms with Crippen molar-refractivity contribution in [1.29, 1.82) is 0 Å². The molecule has 0 N–H and O–H groups in total. The molecule has 1 rings (SSSR count). The van der Waals surface area contributed by atoms with Gasteiger partial charge in [-0.2, -0.15) is 0 Å². The first-order valence-corrected chi connectivity index (χ1v) is 4.27. The lowest BCUT2D eigenvalue weighted by Crippen LogP contribution is -1.44. The Balaban J connectivity index is 3.14. The Morgan fingerprint density at radius 3 is 2.50 bits per heavy atom. The van der Waals surface area contributed by atoms with E-state index in [4.69, 9.17) is 11.6 Å². The maximum atomic E-state index is 5.65. The summed E-state index contributed by atoms with van der Waals surface area (Å²) in [5, 5.41) is 0. The molecule has 0 saturated carbocycles. The fraction of sp³-hybridized carbons (Fsp3) is 0. The molecule has 0 radical (unpaired) electrons. The Kier molecular flexibility index (Phi) is 2.26. The van der Waals surface area contributed by atoms with E-state index in [1.54, 1.807) is 0 Å². The summed E-state index contributed by atoms with van der Waals surface area (Å²) >= 11 is 14.4. The van der Waals surface area contributed by atoms with Crippen LogP contribution >= 0.6 is 51.5 Å². The maximum absolute atomic E-state index is 5.65. The molecule has 0 fully saturated rings. The molecule has 1 aromatic rings. The first-order chi connectivity index (χ1) is 3.70. The molecule has 0 unspecified atom stereocenters. The van der Waals surface area contributed by atoms with E-state index in [0.717, 1.165) is 13.0 Å². The fourth-order valence-electron chi connectivity index (χ4n) is 0.335. The highest BCUT2D eigenvalue weighted by molar-refractivity contribution is 9.10. The summed E-state index contributed by atoms with van der Waals surface area (Å²) in [5.74, 6) is 0. The van der Waals surface area contributed by atoms with Gasteiger partial charge in [0.1, 0.15) is 4.34 Å². The third-order valence-electron chi connectivity index (χ3n) is 0.632. The van der Waals surface area contributed by atoms with Gasteiger partial charge in [0.2, 0.25) is 0 Å². The molecule has 1 heterocycles. The Morgan fingerprint density at radius 1 is 1.75 bits per heavy atom. The van der Waals surface area contributed by atoms with Gasteiger partial charge in [-0.05, 0) is 22.0 Å². The van der Waals surface area contributed by atoms with Crippen molar-refractivity contribution in [3.63, 3.8) is 0 Å². The van der Waals surface area contributed by atoms with Gasteiger partial charge in [-0.25, -0.2) is 0 Å². The second-order valence-corrected chi connectivity index (χ2v) is 4.50. The molecule has 0 saturated heterocycles. The van der Waals surface area contributed by atoms with E-state index in [2.05, 4.69) is 28.6 Å². The second kappa shape index (κ2) is 2.60. The number of hydrogen-bond donors (Lipinski definition) is 1. The van der Waals surface area contributed by atoms with Gasteiger partial charge in [-0.15, -0.1) is 24.0 Å². The van der Waals surface area contributed by atoms with Crippen LogP contribution in [-0.2, 0) is 0 Å². The zero-order valence-electron chi connectivity index (χ0n) is 3.69.